The highest BCUT2D eigenvalue weighted by Gasteiger charge is 2.27. The van der Waals surface area contributed by atoms with Crippen LogP contribution in [0.25, 0.3) is 0 Å². The Morgan fingerprint density at radius 2 is 2.21 bits per heavy atom. The van der Waals surface area contributed by atoms with Crippen LogP contribution in [-0.2, 0) is 4.74 Å². The monoisotopic (exact) mass is 284 g/mol. The normalized spacial score (nSPS) is 19.5. The summed E-state index contributed by atoms with van der Waals surface area (Å²) in [5, 5.41) is 0.937. The van der Waals surface area contributed by atoms with Gasteiger partial charge >= 0.3 is 0 Å². The third-order valence-electron chi connectivity index (χ3n) is 3.40. The van der Waals surface area contributed by atoms with Gasteiger partial charge in [-0.3, -0.25) is 4.79 Å². The van der Waals surface area contributed by atoms with E-state index in [1.807, 2.05) is 0 Å². The van der Waals surface area contributed by atoms with Crippen LogP contribution in [0.3, 0.4) is 0 Å². The van der Waals surface area contributed by atoms with Crippen molar-refractivity contribution in [2.24, 2.45) is 0 Å². The lowest BCUT2D eigenvalue weighted by Crippen LogP contribution is -2.38. The summed E-state index contributed by atoms with van der Waals surface area (Å²) in [4.78, 5) is 14.4. The lowest BCUT2D eigenvalue weighted by atomic mass is 10.1. The molecule has 0 aliphatic carbocycles. The maximum atomic E-state index is 11.6. The van der Waals surface area contributed by atoms with E-state index in [-0.39, 0.29) is 11.9 Å². The molecule has 2 rings (SSSR count). The summed E-state index contributed by atoms with van der Waals surface area (Å²) in [6.07, 6.45) is 2.35. The summed E-state index contributed by atoms with van der Waals surface area (Å²) in [5.41, 5.74) is 6.45. The number of nitrogens with two attached hydrogens (primary N) is 1. The van der Waals surface area contributed by atoms with E-state index >= 15 is 0 Å². The quantitative estimate of drug-likeness (QED) is 0.858. The summed E-state index contributed by atoms with van der Waals surface area (Å²) in [7, 11) is 3.32. The molecule has 0 radical (unpaired) electrons. The number of ether oxygens (including phenoxy) is 2. The molecule has 106 valence electrons. The van der Waals surface area contributed by atoms with Crippen molar-refractivity contribution in [2.75, 3.05) is 37.9 Å². The number of carbonyl (C=O) groups excluding carboxylic acids is 1. The molecule has 0 saturated carbocycles. The molecule has 1 aromatic heterocycles. The van der Waals surface area contributed by atoms with Gasteiger partial charge in [0.25, 0.3) is 0 Å². The minimum absolute atomic E-state index is 0.0210. The fourth-order valence-corrected chi connectivity index (χ4v) is 3.52. The number of rotatable bonds is 4. The Labute approximate surface area is 117 Å². The molecule has 1 saturated heterocycles. The van der Waals surface area contributed by atoms with E-state index in [1.165, 1.54) is 18.3 Å². The van der Waals surface area contributed by atoms with Gasteiger partial charge in [0.15, 0.2) is 11.5 Å². The lowest BCUT2D eigenvalue weighted by Gasteiger charge is -2.32. The highest BCUT2D eigenvalue weighted by Crippen LogP contribution is 2.45. The van der Waals surface area contributed by atoms with Crippen molar-refractivity contribution < 1.29 is 14.3 Å². The predicted molar refractivity (Wildman–Crippen MR) is 77.5 cm³/mol. The first-order valence-corrected chi connectivity index (χ1v) is 7.15. The Kier molecular flexibility index (Phi) is 4.31. The summed E-state index contributed by atoms with van der Waals surface area (Å²) < 4.78 is 10.8. The first-order chi connectivity index (χ1) is 9.08. The number of methoxy groups -OCH3 is 2. The third-order valence-corrected chi connectivity index (χ3v) is 4.75. The van der Waals surface area contributed by atoms with E-state index < -0.39 is 0 Å². The van der Waals surface area contributed by atoms with Gasteiger partial charge in [0.2, 0.25) is 0 Å². The summed E-state index contributed by atoms with van der Waals surface area (Å²) >= 11 is 1.41. The number of nitrogen functional groups attached to an aromatic ring is 1. The van der Waals surface area contributed by atoms with Crippen LogP contribution in [-0.4, -0.2) is 39.2 Å². The fraction of sp³-hybridized carbons (Fsp3) is 0.615. The summed E-state index contributed by atoms with van der Waals surface area (Å²) in [6.45, 7) is 3.28. The molecule has 19 heavy (non-hydrogen) atoms. The van der Waals surface area contributed by atoms with Gasteiger partial charge in [-0.15, -0.1) is 11.3 Å². The highest BCUT2D eigenvalue weighted by molar-refractivity contribution is 7.19. The van der Waals surface area contributed by atoms with Crippen molar-refractivity contribution in [3.8, 4) is 5.75 Å². The second kappa shape index (κ2) is 5.79. The number of ketones is 1. The molecule has 2 heterocycles. The van der Waals surface area contributed by atoms with Gasteiger partial charge in [-0.2, -0.15) is 0 Å². The smallest absolute Gasteiger partial charge is 0.177 e. The molecular weight excluding hydrogens is 264 g/mol. The molecule has 1 aromatic rings. The number of piperidine rings is 1. The Morgan fingerprint density at radius 1 is 1.47 bits per heavy atom. The molecule has 0 amide bonds. The number of nitrogens with zero attached hydrogens (tertiary/aromatic N) is 1. The van der Waals surface area contributed by atoms with E-state index in [4.69, 9.17) is 15.2 Å². The van der Waals surface area contributed by atoms with Crippen molar-refractivity contribution >= 4 is 27.8 Å². The molecule has 0 aromatic carbocycles. The first-order valence-electron chi connectivity index (χ1n) is 6.33. The van der Waals surface area contributed by atoms with Gasteiger partial charge in [0, 0.05) is 27.1 Å². The van der Waals surface area contributed by atoms with Crippen LogP contribution in [0.2, 0.25) is 0 Å². The Hall–Kier alpha value is -1.27. The molecule has 1 fully saturated rings. The maximum absolute atomic E-state index is 11.6. The van der Waals surface area contributed by atoms with Crippen LogP contribution >= 0.6 is 11.3 Å². The summed E-state index contributed by atoms with van der Waals surface area (Å²) in [6, 6.07) is 0. The van der Waals surface area contributed by atoms with Crippen LogP contribution in [0, 0.1) is 0 Å². The molecule has 6 heteroatoms. The zero-order chi connectivity index (χ0) is 14.0. The number of hydrogen-bond acceptors (Lipinski definition) is 6. The van der Waals surface area contributed by atoms with E-state index in [2.05, 4.69) is 4.90 Å². The number of hydrogen-bond donors (Lipinski definition) is 1. The predicted octanol–water partition coefficient (Wildman–Crippen LogP) is 2.16. The second-order valence-corrected chi connectivity index (χ2v) is 5.68. The molecule has 1 aliphatic heterocycles. The Bertz CT molecular complexity index is 473. The van der Waals surface area contributed by atoms with Crippen molar-refractivity contribution in [1.29, 1.82) is 0 Å². The SMILES string of the molecule is COc1c(N2CCCC(OC)C2)sc(C(C)=O)c1N. The van der Waals surface area contributed by atoms with Gasteiger partial charge in [-0.05, 0) is 12.8 Å². The molecule has 1 unspecified atom stereocenters. The molecular formula is C13H20N2O3S. The van der Waals surface area contributed by atoms with E-state index in [0.717, 1.165) is 30.9 Å². The Morgan fingerprint density at radius 3 is 2.79 bits per heavy atom. The molecule has 1 atom stereocenters. The minimum Gasteiger partial charge on any atom is -0.492 e. The van der Waals surface area contributed by atoms with Gasteiger partial charge < -0.3 is 20.1 Å². The lowest BCUT2D eigenvalue weighted by molar-refractivity contribution is 0.0894. The number of carbonyl (C=O) groups is 1. The number of Topliss-reactive ketones (excluding diaryl/α,β-unsaturated/α-hetero) is 1. The van der Waals surface area contributed by atoms with Crippen molar-refractivity contribution in [1.82, 2.24) is 0 Å². The van der Waals surface area contributed by atoms with Crippen molar-refractivity contribution in [3.05, 3.63) is 4.88 Å². The third kappa shape index (κ3) is 2.69. The number of anilines is 2. The van der Waals surface area contributed by atoms with Crippen molar-refractivity contribution in [2.45, 2.75) is 25.9 Å². The van der Waals surface area contributed by atoms with E-state index in [9.17, 15) is 4.79 Å². The number of thiophene rings is 1. The van der Waals surface area contributed by atoms with E-state index in [0.29, 0.717) is 16.3 Å². The zero-order valence-corrected chi connectivity index (χ0v) is 12.4. The largest absolute Gasteiger partial charge is 0.492 e. The second-order valence-electron chi connectivity index (χ2n) is 4.69. The van der Waals surface area contributed by atoms with Crippen LogP contribution < -0.4 is 15.4 Å². The zero-order valence-electron chi connectivity index (χ0n) is 11.6. The molecule has 2 N–H and O–H groups in total. The molecule has 0 spiro atoms. The summed E-state index contributed by atoms with van der Waals surface area (Å²) in [5.74, 6) is 0.597. The molecule has 5 nitrogen and oxygen atoms in total. The fourth-order valence-electron chi connectivity index (χ4n) is 2.40. The van der Waals surface area contributed by atoms with Crippen LogP contribution in [0.1, 0.15) is 29.4 Å². The van der Waals surface area contributed by atoms with Gasteiger partial charge in [-0.25, -0.2) is 0 Å². The molecule has 1 aliphatic rings. The van der Waals surface area contributed by atoms with Crippen LogP contribution in [0.4, 0.5) is 10.7 Å². The molecule has 0 bridgehead atoms. The average molecular weight is 284 g/mol. The average Bonchev–Trinajstić information content (AvgIpc) is 2.75. The highest BCUT2D eigenvalue weighted by atomic mass is 32.1. The minimum atomic E-state index is -0.0210. The first kappa shape index (κ1) is 14.1. The van der Waals surface area contributed by atoms with Gasteiger partial charge in [-0.1, -0.05) is 0 Å². The van der Waals surface area contributed by atoms with E-state index in [1.54, 1.807) is 14.2 Å². The van der Waals surface area contributed by atoms with Crippen molar-refractivity contribution in [3.63, 3.8) is 0 Å². The van der Waals surface area contributed by atoms with Gasteiger partial charge in [0.1, 0.15) is 5.00 Å². The standard InChI is InChI=1S/C13H20N2O3S/c1-8(16)12-10(14)11(18-3)13(19-12)15-6-4-5-9(7-15)17-2/h9H,4-7,14H2,1-3H3. The van der Waals surface area contributed by atoms with Crippen LogP contribution in [0.5, 0.6) is 5.75 Å². The topological polar surface area (TPSA) is 64.8 Å². The van der Waals surface area contributed by atoms with Gasteiger partial charge in [0.05, 0.1) is 23.8 Å². The Balaban J connectivity index is 2.33. The maximum Gasteiger partial charge on any atom is 0.177 e. The van der Waals surface area contributed by atoms with Crippen LogP contribution in [0.15, 0.2) is 0 Å².